The third-order valence-corrected chi connectivity index (χ3v) is 4.16. The second-order valence-corrected chi connectivity index (χ2v) is 5.89. The van der Waals surface area contributed by atoms with Gasteiger partial charge in [0.15, 0.2) is 0 Å². The molecule has 4 nitrogen and oxygen atoms in total. The zero-order valence-electron chi connectivity index (χ0n) is 13.9. The molecule has 4 heteroatoms. The molecule has 0 aliphatic rings. The third kappa shape index (κ3) is 3.13. The van der Waals surface area contributed by atoms with Crippen LogP contribution in [0.2, 0.25) is 0 Å². The molecule has 0 radical (unpaired) electrons. The average molecular weight is 340 g/mol. The van der Waals surface area contributed by atoms with E-state index in [1.54, 1.807) is 0 Å². The van der Waals surface area contributed by atoms with Gasteiger partial charge in [-0.25, -0.2) is 0 Å². The molecule has 0 saturated heterocycles. The van der Waals surface area contributed by atoms with Gasteiger partial charge in [-0.1, -0.05) is 72.8 Å². The summed E-state index contributed by atoms with van der Waals surface area (Å²) in [5, 5.41) is 0. The fourth-order valence-corrected chi connectivity index (χ4v) is 2.98. The van der Waals surface area contributed by atoms with Crippen molar-refractivity contribution in [1.82, 2.24) is 4.98 Å². The van der Waals surface area contributed by atoms with Crippen LogP contribution in [-0.2, 0) is 0 Å². The first-order chi connectivity index (χ1) is 12.7. The third-order valence-electron chi connectivity index (χ3n) is 4.16. The van der Waals surface area contributed by atoms with Gasteiger partial charge < -0.3 is 10.2 Å². The summed E-state index contributed by atoms with van der Waals surface area (Å²) in [4.78, 5) is 15.2. The summed E-state index contributed by atoms with van der Waals surface area (Å²) < 4.78 is 5.45. The van der Waals surface area contributed by atoms with Crippen LogP contribution in [0.15, 0.2) is 94.1 Å². The normalized spacial score (nSPS) is 10.6. The molecule has 0 saturated carbocycles. The van der Waals surface area contributed by atoms with Crippen LogP contribution >= 0.6 is 0 Å². The van der Waals surface area contributed by atoms with Gasteiger partial charge in [0, 0.05) is 11.6 Å². The number of hydrogen-bond acceptors (Lipinski definition) is 4. The zero-order valence-corrected chi connectivity index (χ0v) is 13.9. The monoisotopic (exact) mass is 340 g/mol. The molecule has 1 heterocycles. The van der Waals surface area contributed by atoms with E-state index in [4.69, 9.17) is 10.2 Å². The van der Waals surface area contributed by atoms with Gasteiger partial charge in [0.05, 0.1) is 0 Å². The summed E-state index contributed by atoms with van der Waals surface area (Å²) in [6.07, 6.45) is 0. The molecule has 0 aliphatic carbocycles. The first kappa shape index (κ1) is 15.8. The second kappa shape index (κ2) is 6.69. The highest BCUT2D eigenvalue weighted by Gasteiger charge is 2.11. The van der Waals surface area contributed by atoms with Crippen LogP contribution in [0.5, 0.6) is 0 Å². The quantitative estimate of drug-likeness (QED) is 0.591. The topological polar surface area (TPSA) is 69.1 Å². The van der Waals surface area contributed by atoms with E-state index in [9.17, 15) is 4.79 Å². The van der Waals surface area contributed by atoms with Gasteiger partial charge in [0.2, 0.25) is 0 Å². The largest absolute Gasteiger partial charge is 0.425 e. The molecule has 3 aromatic carbocycles. The van der Waals surface area contributed by atoms with Crippen molar-refractivity contribution in [2.45, 2.75) is 0 Å². The summed E-state index contributed by atoms with van der Waals surface area (Å²) in [5.41, 5.74) is 10.3. The summed E-state index contributed by atoms with van der Waals surface area (Å²) in [5.74, 6) is 0.402. The van der Waals surface area contributed by atoms with Crippen molar-refractivity contribution in [3.05, 3.63) is 95.3 Å². The van der Waals surface area contributed by atoms with Crippen molar-refractivity contribution in [1.29, 1.82) is 0 Å². The Labute approximate surface area is 150 Å². The maximum atomic E-state index is 11.7. The zero-order chi connectivity index (χ0) is 17.9. The van der Waals surface area contributed by atoms with E-state index in [2.05, 4.69) is 29.2 Å². The first-order valence-electron chi connectivity index (χ1n) is 8.24. The predicted molar refractivity (Wildman–Crippen MR) is 103 cm³/mol. The van der Waals surface area contributed by atoms with E-state index >= 15 is 0 Å². The Morgan fingerprint density at radius 2 is 1.31 bits per heavy atom. The Hall–Kier alpha value is -3.66. The molecule has 0 fully saturated rings. The molecule has 0 bridgehead atoms. The number of nitrogens with zero attached hydrogens (tertiary/aromatic N) is 1. The van der Waals surface area contributed by atoms with Gasteiger partial charge >= 0.3 is 0 Å². The van der Waals surface area contributed by atoms with Gasteiger partial charge in [-0.2, -0.15) is 4.98 Å². The predicted octanol–water partition coefficient (Wildman–Crippen LogP) is 4.62. The Morgan fingerprint density at radius 3 is 1.92 bits per heavy atom. The average Bonchev–Trinajstić information content (AvgIpc) is 2.68. The molecule has 0 amide bonds. The van der Waals surface area contributed by atoms with Crippen LogP contribution in [0.4, 0.5) is 6.01 Å². The standard InChI is InChI=1S/C22H16N2O2/c23-22-24-21(25)14-20(26-22)17-11-12-18(15-7-3-1-4-8-15)19(13-17)16-9-5-2-6-10-16/h1-14H,(H2,23,24,25). The maximum absolute atomic E-state index is 11.7. The number of nitrogen functional groups attached to an aromatic ring is 1. The fraction of sp³-hybridized carbons (Fsp3) is 0. The van der Waals surface area contributed by atoms with Gasteiger partial charge in [0.1, 0.15) is 5.76 Å². The smallest absolute Gasteiger partial charge is 0.295 e. The number of benzene rings is 3. The van der Waals surface area contributed by atoms with Crippen LogP contribution < -0.4 is 11.3 Å². The lowest BCUT2D eigenvalue weighted by atomic mass is 9.92. The number of aromatic nitrogens is 1. The van der Waals surface area contributed by atoms with E-state index in [1.165, 1.54) is 6.07 Å². The van der Waals surface area contributed by atoms with E-state index in [0.717, 1.165) is 27.8 Å². The van der Waals surface area contributed by atoms with Crippen LogP contribution in [0.3, 0.4) is 0 Å². The number of rotatable bonds is 3. The van der Waals surface area contributed by atoms with Gasteiger partial charge in [-0.15, -0.1) is 0 Å². The van der Waals surface area contributed by atoms with E-state index in [0.29, 0.717) is 5.76 Å². The SMILES string of the molecule is Nc1nc(=O)cc(-c2ccc(-c3ccccc3)c(-c3ccccc3)c2)o1. The van der Waals surface area contributed by atoms with Gasteiger partial charge in [0.25, 0.3) is 11.6 Å². The highest BCUT2D eigenvalue weighted by Crippen LogP contribution is 2.35. The maximum Gasteiger partial charge on any atom is 0.295 e. The first-order valence-corrected chi connectivity index (χ1v) is 8.24. The molecule has 4 aromatic rings. The molecule has 1 aromatic heterocycles. The van der Waals surface area contributed by atoms with E-state index in [1.807, 2.05) is 54.6 Å². The Kier molecular flexibility index (Phi) is 4.07. The summed E-state index contributed by atoms with van der Waals surface area (Å²) in [7, 11) is 0. The van der Waals surface area contributed by atoms with Crippen LogP contribution in [0.1, 0.15) is 0 Å². The van der Waals surface area contributed by atoms with Crippen molar-refractivity contribution < 1.29 is 4.42 Å². The lowest BCUT2D eigenvalue weighted by molar-refractivity contribution is 0.564. The van der Waals surface area contributed by atoms with Gasteiger partial charge in [-0.3, -0.25) is 4.79 Å². The minimum atomic E-state index is -0.419. The van der Waals surface area contributed by atoms with Crippen LogP contribution in [0, 0.1) is 0 Å². The second-order valence-electron chi connectivity index (χ2n) is 5.89. The van der Waals surface area contributed by atoms with Crippen molar-refractivity contribution in [3.63, 3.8) is 0 Å². The van der Waals surface area contributed by atoms with Crippen molar-refractivity contribution in [2.24, 2.45) is 0 Å². The summed E-state index contributed by atoms with van der Waals surface area (Å²) in [6.45, 7) is 0. The molecular formula is C22H16N2O2. The minimum Gasteiger partial charge on any atom is -0.425 e. The Morgan fingerprint density at radius 1 is 0.692 bits per heavy atom. The molecule has 0 spiro atoms. The van der Waals surface area contributed by atoms with E-state index in [-0.39, 0.29) is 6.01 Å². The molecule has 4 rings (SSSR count). The molecule has 26 heavy (non-hydrogen) atoms. The highest BCUT2D eigenvalue weighted by molar-refractivity contribution is 5.86. The minimum absolute atomic E-state index is 0.138. The fourth-order valence-electron chi connectivity index (χ4n) is 2.98. The Bertz CT molecular complexity index is 1100. The number of anilines is 1. The molecular weight excluding hydrogens is 324 g/mol. The van der Waals surface area contributed by atoms with Crippen LogP contribution in [-0.4, -0.2) is 4.98 Å². The molecule has 0 unspecified atom stereocenters. The highest BCUT2D eigenvalue weighted by atomic mass is 16.4. The lowest BCUT2D eigenvalue weighted by Crippen LogP contribution is -2.07. The van der Waals surface area contributed by atoms with Crippen molar-refractivity contribution in [2.75, 3.05) is 5.73 Å². The lowest BCUT2D eigenvalue weighted by Gasteiger charge is -2.12. The van der Waals surface area contributed by atoms with Crippen molar-refractivity contribution in [3.8, 4) is 33.6 Å². The number of nitrogens with two attached hydrogens (primary N) is 1. The molecule has 2 N–H and O–H groups in total. The van der Waals surface area contributed by atoms with E-state index < -0.39 is 5.56 Å². The Balaban J connectivity index is 1.94. The summed E-state index contributed by atoms with van der Waals surface area (Å²) >= 11 is 0. The molecule has 0 aliphatic heterocycles. The van der Waals surface area contributed by atoms with Gasteiger partial charge in [-0.05, 0) is 28.3 Å². The van der Waals surface area contributed by atoms with Crippen molar-refractivity contribution >= 4 is 6.01 Å². The summed E-state index contributed by atoms with van der Waals surface area (Å²) in [6, 6.07) is 27.5. The molecule has 126 valence electrons. The number of hydrogen-bond donors (Lipinski definition) is 1. The van der Waals surface area contributed by atoms with Crippen LogP contribution in [0.25, 0.3) is 33.6 Å². The molecule has 0 atom stereocenters.